The molecule has 0 aliphatic rings. The molecule has 18 heavy (non-hydrogen) atoms. The topological polar surface area (TPSA) is 71.3 Å². The van der Waals surface area contributed by atoms with Gasteiger partial charge in [0.05, 0.1) is 11.5 Å². The highest BCUT2D eigenvalue weighted by molar-refractivity contribution is 9.11. The fraction of sp³-hybridized carbons (Fsp3) is 0.444. The number of rotatable bonds is 7. The molecule has 1 rings (SSSR count). The Bertz CT molecular complexity index is 440. The third-order valence-electron chi connectivity index (χ3n) is 1.96. The van der Waals surface area contributed by atoms with Crippen molar-refractivity contribution in [3.63, 3.8) is 0 Å². The van der Waals surface area contributed by atoms with Gasteiger partial charge >= 0.3 is 0 Å². The first kappa shape index (κ1) is 14.8. The van der Waals surface area contributed by atoms with Crippen LogP contribution in [0.2, 0.25) is 0 Å². The third kappa shape index (κ3) is 4.96. The highest BCUT2D eigenvalue weighted by Gasteiger charge is 2.11. The van der Waals surface area contributed by atoms with Crippen molar-refractivity contribution in [1.82, 2.24) is 15.2 Å². The van der Waals surface area contributed by atoms with Crippen LogP contribution in [0.3, 0.4) is 0 Å². The maximum Gasteiger partial charge on any atom is 0.274 e. The van der Waals surface area contributed by atoms with E-state index >= 15 is 0 Å². The molecule has 0 radical (unpaired) electrons. The van der Waals surface area contributed by atoms with Crippen LogP contribution in [0.5, 0.6) is 0 Å². The maximum absolute atomic E-state index is 12.1. The Morgan fingerprint density at radius 3 is 3.06 bits per heavy atom. The standard InChI is InChI=1S/C9H12BrFN4O2S/c1-14(5-7-4-13-9(10)18-7)8(6-15(16)17)12-3-2-11/h4,6,12H,2-3,5H2,1H3. The lowest BCUT2D eigenvalue weighted by molar-refractivity contribution is -0.404. The molecular weight excluding hydrogens is 327 g/mol. The minimum atomic E-state index is -0.588. The molecule has 1 aromatic heterocycles. The van der Waals surface area contributed by atoms with E-state index in [1.54, 1.807) is 18.1 Å². The number of alkyl halides is 1. The summed E-state index contributed by atoms with van der Waals surface area (Å²) in [5, 5.41) is 13.2. The number of thiazole rings is 1. The van der Waals surface area contributed by atoms with Crippen LogP contribution >= 0.6 is 27.3 Å². The quantitative estimate of drug-likeness (QED) is 0.608. The fourth-order valence-corrected chi connectivity index (χ4v) is 2.64. The van der Waals surface area contributed by atoms with Gasteiger partial charge in [0.2, 0.25) is 0 Å². The van der Waals surface area contributed by atoms with Gasteiger partial charge in [-0.05, 0) is 15.9 Å². The van der Waals surface area contributed by atoms with Crippen LogP contribution in [0, 0.1) is 10.1 Å². The second kappa shape index (κ2) is 7.27. The van der Waals surface area contributed by atoms with Crippen molar-refractivity contribution in [2.24, 2.45) is 0 Å². The molecule has 6 nitrogen and oxygen atoms in total. The van der Waals surface area contributed by atoms with Gasteiger partial charge in [0.1, 0.15) is 6.67 Å². The van der Waals surface area contributed by atoms with Gasteiger partial charge < -0.3 is 10.2 Å². The van der Waals surface area contributed by atoms with E-state index in [2.05, 4.69) is 26.2 Å². The number of aromatic nitrogens is 1. The third-order valence-corrected chi connectivity index (χ3v) is 3.42. The minimum absolute atomic E-state index is 0.0381. The van der Waals surface area contributed by atoms with Crippen molar-refractivity contribution in [3.8, 4) is 0 Å². The Morgan fingerprint density at radius 1 is 1.83 bits per heavy atom. The number of nitro groups is 1. The number of halogens is 2. The molecule has 0 aliphatic heterocycles. The lowest BCUT2D eigenvalue weighted by Crippen LogP contribution is -2.30. The van der Waals surface area contributed by atoms with Crippen LogP contribution in [-0.2, 0) is 6.54 Å². The van der Waals surface area contributed by atoms with Crippen LogP contribution in [-0.4, -0.2) is 35.1 Å². The molecule has 1 aromatic rings. The number of nitrogens with zero attached hydrogens (tertiary/aromatic N) is 3. The Balaban J connectivity index is 2.69. The summed E-state index contributed by atoms with van der Waals surface area (Å²) in [4.78, 5) is 16.5. The molecule has 100 valence electrons. The molecule has 0 unspecified atom stereocenters. The Kier molecular flexibility index (Phi) is 5.99. The predicted octanol–water partition coefficient (Wildman–Crippen LogP) is 1.97. The first-order valence-electron chi connectivity index (χ1n) is 4.99. The van der Waals surface area contributed by atoms with Gasteiger partial charge in [-0.25, -0.2) is 9.37 Å². The number of hydrogen-bond donors (Lipinski definition) is 1. The smallest absolute Gasteiger partial charge is 0.274 e. The van der Waals surface area contributed by atoms with Crippen molar-refractivity contribution in [1.29, 1.82) is 0 Å². The summed E-state index contributed by atoms with van der Waals surface area (Å²) < 4.78 is 12.8. The fourth-order valence-electron chi connectivity index (χ4n) is 1.23. The van der Waals surface area contributed by atoms with Gasteiger partial charge in [-0.15, -0.1) is 11.3 Å². The molecule has 0 bridgehead atoms. The molecule has 0 saturated heterocycles. The first-order valence-corrected chi connectivity index (χ1v) is 6.60. The molecule has 0 atom stereocenters. The molecule has 0 aliphatic carbocycles. The lowest BCUT2D eigenvalue weighted by atomic mass is 10.4. The second-order valence-electron chi connectivity index (χ2n) is 3.35. The number of nitrogens with one attached hydrogen (secondary N) is 1. The highest BCUT2D eigenvalue weighted by Crippen LogP contribution is 2.20. The van der Waals surface area contributed by atoms with E-state index in [1.807, 2.05) is 0 Å². The summed E-state index contributed by atoms with van der Waals surface area (Å²) in [5.74, 6) is 0.266. The normalized spacial score (nSPS) is 11.4. The summed E-state index contributed by atoms with van der Waals surface area (Å²) in [6.45, 7) is -0.0897. The van der Waals surface area contributed by atoms with E-state index in [4.69, 9.17) is 0 Å². The van der Waals surface area contributed by atoms with Crippen molar-refractivity contribution in [2.75, 3.05) is 20.3 Å². The van der Waals surface area contributed by atoms with E-state index in [0.29, 0.717) is 6.54 Å². The van der Waals surface area contributed by atoms with Crippen LogP contribution in [0.4, 0.5) is 4.39 Å². The average molecular weight is 339 g/mol. The van der Waals surface area contributed by atoms with E-state index in [0.717, 1.165) is 15.0 Å². The molecule has 0 amide bonds. The van der Waals surface area contributed by atoms with E-state index in [-0.39, 0.29) is 12.4 Å². The Labute approximate surface area is 116 Å². The maximum atomic E-state index is 12.1. The largest absolute Gasteiger partial charge is 0.364 e. The summed E-state index contributed by atoms with van der Waals surface area (Å²) >= 11 is 4.68. The summed E-state index contributed by atoms with van der Waals surface area (Å²) in [7, 11) is 1.69. The van der Waals surface area contributed by atoms with Gasteiger partial charge in [-0.1, -0.05) is 0 Å². The Hall–Kier alpha value is -1.22. The van der Waals surface area contributed by atoms with Gasteiger partial charge in [0, 0.05) is 24.7 Å². The van der Waals surface area contributed by atoms with Crippen molar-refractivity contribution in [3.05, 3.63) is 37.1 Å². The van der Waals surface area contributed by atoms with Crippen molar-refractivity contribution < 1.29 is 9.31 Å². The minimum Gasteiger partial charge on any atom is -0.364 e. The molecule has 9 heteroatoms. The molecular formula is C9H12BrFN4O2S. The van der Waals surface area contributed by atoms with Gasteiger partial charge in [0.25, 0.3) is 6.20 Å². The molecule has 1 N–H and O–H groups in total. The van der Waals surface area contributed by atoms with Crippen LogP contribution in [0.15, 0.2) is 22.1 Å². The van der Waals surface area contributed by atoms with E-state index < -0.39 is 11.6 Å². The van der Waals surface area contributed by atoms with Gasteiger partial charge in [-0.2, -0.15) is 0 Å². The summed E-state index contributed by atoms with van der Waals surface area (Å²) in [5.41, 5.74) is 0. The van der Waals surface area contributed by atoms with Gasteiger partial charge in [-0.3, -0.25) is 10.1 Å². The summed E-state index contributed by atoms with van der Waals surface area (Å²) in [6.07, 6.45) is 2.51. The Morgan fingerprint density at radius 2 is 2.56 bits per heavy atom. The molecule has 0 spiro atoms. The molecule has 0 saturated carbocycles. The molecule has 1 heterocycles. The SMILES string of the molecule is CN(Cc1cnc(Br)s1)C(=C[N+](=O)[O-])NCCF. The zero-order chi connectivity index (χ0) is 13.5. The first-order chi connectivity index (χ1) is 8.52. The predicted molar refractivity (Wildman–Crippen MR) is 70.3 cm³/mol. The van der Waals surface area contributed by atoms with E-state index in [1.165, 1.54) is 11.3 Å². The van der Waals surface area contributed by atoms with Crippen LogP contribution in [0.1, 0.15) is 4.88 Å². The monoisotopic (exact) mass is 338 g/mol. The van der Waals surface area contributed by atoms with Crippen LogP contribution in [0.25, 0.3) is 0 Å². The van der Waals surface area contributed by atoms with E-state index in [9.17, 15) is 14.5 Å². The van der Waals surface area contributed by atoms with Gasteiger partial charge in [0.15, 0.2) is 9.74 Å². The zero-order valence-corrected chi connectivity index (χ0v) is 12.0. The molecule has 0 aromatic carbocycles. The highest BCUT2D eigenvalue weighted by atomic mass is 79.9. The summed E-state index contributed by atoms with van der Waals surface area (Å²) in [6, 6.07) is 0. The van der Waals surface area contributed by atoms with Crippen molar-refractivity contribution >= 4 is 27.3 Å². The lowest BCUT2D eigenvalue weighted by Gasteiger charge is -2.20. The average Bonchev–Trinajstić information content (AvgIpc) is 2.69. The van der Waals surface area contributed by atoms with Crippen molar-refractivity contribution in [2.45, 2.75) is 6.54 Å². The second-order valence-corrected chi connectivity index (χ2v) is 5.74. The zero-order valence-electron chi connectivity index (χ0n) is 9.60. The van der Waals surface area contributed by atoms with Crippen LogP contribution < -0.4 is 5.32 Å². The molecule has 0 fully saturated rings. The number of hydrogen-bond acceptors (Lipinski definition) is 6.